The topological polar surface area (TPSA) is 118 Å². The molecule has 9 nitrogen and oxygen atoms in total. The molecule has 0 unspecified atom stereocenters. The number of methoxy groups -OCH3 is 1. The molecular formula is C17H20N4O5S2. The van der Waals surface area contributed by atoms with Crippen LogP contribution in [0.4, 0.5) is 5.69 Å². The first-order valence-electron chi connectivity index (χ1n) is 8.41. The standard InChI is InChI=1S/C17H20N4O5S2/c1-25-13-4-2-12(3-5-13)19-17(27)20-8-10-21(11-9-20)28(23,24)15-7-6-14(26-15)16(18)22/h2-7H,8-11H2,1H3,(H2,18,22)(H,19,27). The van der Waals surface area contributed by atoms with Crippen molar-refractivity contribution in [1.29, 1.82) is 0 Å². The Balaban J connectivity index is 1.59. The second kappa shape index (κ2) is 8.17. The molecule has 1 aliphatic rings. The van der Waals surface area contributed by atoms with Crippen LogP contribution in [0, 0.1) is 0 Å². The van der Waals surface area contributed by atoms with Gasteiger partial charge in [-0.05, 0) is 48.6 Å². The van der Waals surface area contributed by atoms with E-state index in [0.717, 1.165) is 11.4 Å². The fourth-order valence-corrected chi connectivity index (χ4v) is 4.36. The number of thiocarbonyl (C=S) groups is 1. The predicted molar refractivity (Wildman–Crippen MR) is 107 cm³/mol. The fraction of sp³-hybridized carbons (Fsp3) is 0.294. The number of nitrogens with two attached hydrogens (primary N) is 1. The van der Waals surface area contributed by atoms with Gasteiger partial charge in [0.15, 0.2) is 10.9 Å². The van der Waals surface area contributed by atoms with Gasteiger partial charge in [-0.3, -0.25) is 4.79 Å². The lowest BCUT2D eigenvalue weighted by atomic mass is 10.3. The molecule has 1 amide bonds. The number of anilines is 1. The summed E-state index contributed by atoms with van der Waals surface area (Å²) in [5.74, 6) is -0.268. The number of hydrogen-bond donors (Lipinski definition) is 2. The molecule has 11 heteroatoms. The molecule has 1 aromatic carbocycles. The van der Waals surface area contributed by atoms with Gasteiger partial charge in [-0.1, -0.05) is 0 Å². The largest absolute Gasteiger partial charge is 0.497 e. The Labute approximate surface area is 168 Å². The summed E-state index contributed by atoms with van der Waals surface area (Å²) in [6.07, 6.45) is 0. The number of carbonyl (C=O) groups is 1. The Morgan fingerprint density at radius 2 is 1.79 bits per heavy atom. The van der Waals surface area contributed by atoms with Crippen LogP contribution in [0.5, 0.6) is 5.75 Å². The van der Waals surface area contributed by atoms with Crippen LogP contribution in [-0.2, 0) is 10.0 Å². The third-order valence-electron chi connectivity index (χ3n) is 4.29. The Hall–Kier alpha value is -2.63. The lowest BCUT2D eigenvalue weighted by molar-refractivity contribution is 0.0968. The first-order valence-corrected chi connectivity index (χ1v) is 10.3. The summed E-state index contributed by atoms with van der Waals surface area (Å²) in [4.78, 5) is 13.0. The Kier molecular flexibility index (Phi) is 5.87. The van der Waals surface area contributed by atoms with E-state index in [1.807, 2.05) is 29.2 Å². The van der Waals surface area contributed by atoms with Gasteiger partial charge in [0, 0.05) is 31.9 Å². The molecule has 2 aromatic rings. The van der Waals surface area contributed by atoms with Gasteiger partial charge in [-0.25, -0.2) is 8.42 Å². The zero-order chi connectivity index (χ0) is 20.3. The van der Waals surface area contributed by atoms with E-state index in [9.17, 15) is 13.2 Å². The Morgan fingerprint density at radius 3 is 2.32 bits per heavy atom. The van der Waals surface area contributed by atoms with Crippen LogP contribution in [0.1, 0.15) is 10.6 Å². The van der Waals surface area contributed by atoms with Crippen LogP contribution < -0.4 is 15.8 Å². The molecule has 1 fully saturated rings. The van der Waals surface area contributed by atoms with E-state index < -0.39 is 15.9 Å². The average molecular weight is 425 g/mol. The summed E-state index contributed by atoms with van der Waals surface area (Å²) in [6.45, 7) is 1.31. The summed E-state index contributed by atoms with van der Waals surface area (Å²) < 4.78 is 36.8. The fourth-order valence-electron chi connectivity index (χ4n) is 2.73. The minimum absolute atomic E-state index is 0.193. The minimum Gasteiger partial charge on any atom is -0.497 e. The smallest absolute Gasteiger partial charge is 0.284 e. The molecule has 2 heterocycles. The van der Waals surface area contributed by atoms with E-state index in [1.165, 1.54) is 16.4 Å². The maximum absolute atomic E-state index is 12.7. The first-order chi connectivity index (χ1) is 13.3. The van der Waals surface area contributed by atoms with Crippen LogP contribution in [-0.4, -0.2) is 61.9 Å². The highest BCUT2D eigenvalue weighted by Gasteiger charge is 2.32. The van der Waals surface area contributed by atoms with Crippen molar-refractivity contribution < 1.29 is 22.4 Å². The maximum atomic E-state index is 12.7. The molecular weight excluding hydrogens is 404 g/mol. The number of furan rings is 1. The van der Waals surface area contributed by atoms with Crippen LogP contribution in [0.15, 0.2) is 45.9 Å². The molecule has 0 atom stereocenters. The van der Waals surface area contributed by atoms with Crippen LogP contribution >= 0.6 is 12.2 Å². The molecule has 0 spiro atoms. The summed E-state index contributed by atoms with van der Waals surface area (Å²) in [5, 5.41) is 3.34. The lowest BCUT2D eigenvalue weighted by Crippen LogP contribution is -2.51. The number of amides is 1. The second-order valence-electron chi connectivity index (χ2n) is 6.03. The minimum atomic E-state index is -3.84. The van der Waals surface area contributed by atoms with E-state index in [1.54, 1.807) is 7.11 Å². The van der Waals surface area contributed by atoms with Gasteiger partial charge in [0.05, 0.1) is 7.11 Å². The molecule has 150 valence electrons. The molecule has 0 aliphatic carbocycles. The van der Waals surface area contributed by atoms with Gasteiger partial charge in [0.2, 0.25) is 5.09 Å². The van der Waals surface area contributed by atoms with Gasteiger partial charge in [-0.15, -0.1) is 0 Å². The zero-order valence-corrected chi connectivity index (χ0v) is 16.8. The molecule has 1 aliphatic heterocycles. The molecule has 28 heavy (non-hydrogen) atoms. The predicted octanol–water partition coefficient (Wildman–Crippen LogP) is 1.09. The van der Waals surface area contributed by atoms with Gasteiger partial charge in [0.25, 0.3) is 15.9 Å². The number of nitrogens with zero attached hydrogens (tertiary/aromatic N) is 2. The third kappa shape index (κ3) is 4.26. The molecule has 1 aromatic heterocycles. The third-order valence-corrected chi connectivity index (χ3v) is 6.42. The molecule has 0 radical (unpaired) electrons. The summed E-state index contributed by atoms with van der Waals surface area (Å²) in [6, 6.07) is 9.81. The van der Waals surface area contributed by atoms with Crippen LogP contribution in [0.3, 0.4) is 0 Å². The zero-order valence-electron chi connectivity index (χ0n) is 15.1. The van der Waals surface area contributed by atoms with Gasteiger partial charge < -0.3 is 25.1 Å². The summed E-state index contributed by atoms with van der Waals surface area (Å²) in [7, 11) is -2.24. The van der Waals surface area contributed by atoms with Gasteiger partial charge in [0.1, 0.15) is 5.75 Å². The van der Waals surface area contributed by atoms with Gasteiger partial charge in [-0.2, -0.15) is 4.31 Å². The van der Waals surface area contributed by atoms with Crippen molar-refractivity contribution >= 4 is 38.9 Å². The van der Waals surface area contributed by atoms with E-state index >= 15 is 0 Å². The number of rotatable bonds is 5. The number of carbonyl (C=O) groups excluding carboxylic acids is 1. The van der Waals surface area contributed by atoms with Crippen molar-refractivity contribution in [2.45, 2.75) is 5.09 Å². The quantitative estimate of drug-likeness (QED) is 0.685. The number of piperazine rings is 1. The number of nitrogens with one attached hydrogen (secondary N) is 1. The monoisotopic (exact) mass is 424 g/mol. The van der Waals surface area contributed by atoms with Crippen LogP contribution in [0.2, 0.25) is 0 Å². The maximum Gasteiger partial charge on any atom is 0.284 e. The van der Waals surface area contributed by atoms with Crippen molar-refractivity contribution in [1.82, 2.24) is 9.21 Å². The van der Waals surface area contributed by atoms with E-state index in [2.05, 4.69) is 5.32 Å². The van der Waals surface area contributed by atoms with E-state index in [4.69, 9.17) is 27.1 Å². The highest BCUT2D eigenvalue weighted by molar-refractivity contribution is 7.89. The van der Waals surface area contributed by atoms with Crippen molar-refractivity contribution in [2.75, 3.05) is 38.6 Å². The molecule has 0 bridgehead atoms. The highest BCUT2D eigenvalue weighted by atomic mass is 32.2. The second-order valence-corrected chi connectivity index (χ2v) is 8.29. The number of primary amides is 1. The van der Waals surface area contributed by atoms with Crippen LogP contribution in [0.25, 0.3) is 0 Å². The van der Waals surface area contributed by atoms with Gasteiger partial charge >= 0.3 is 0 Å². The van der Waals surface area contributed by atoms with E-state index in [-0.39, 0.29) is 23.9 Å². The number of ether oxygens (including phenoxy) is 1. The van der Waals surface area contributed by atoms with Crippen molar-refractivity contribution in [3.63, 3.8) is 0 Å². The summed E-state index contributed by atoms with van der Waals surface area (Å²) >= 11 is 5.42. The van der Waals surface area contributed by atoms with Crippen molar-refractivity contribution in [3.8, 4) is 5.75 Å². The highest BCUT2D eigenvalue weighted by Crippen LogP contribution is 2.21. The molecule has 0 saturated carbocycles. The Morgan fingerprint density at radius 1 is 1.14 bits per heavy atom. The van der Waals surface area contributed by atoms with Crippen molar-refractivity contribution in [3.05, 3.63) is 42.2 Å². The SMILES string of the molecule is COc1ccc(NC(=S)N2CCN(S(=O)(=O)c3ccc(C(N)=O)o3)CC2)cc1. The molecule has 1 saturated heterocycles. The average Bonchev–Trinajstić information content (AvgIpc) is 3.20. The number of sulfonamides is 1. The van der Waals surface area contributed by atoms with Crippen molar-refractivity contribution in [2.24, 2.45) is 5.73 Å². The lowest BCUT2D eigenvalue weighted by Gasteiger charge is -2.35. The first kappa shape index (κ1) is 20.1. The number of hydrogen-bond acceptors (Lipinski definition) is 6. The molecule has 3 rings (SSSR count). The molecule has 3 N–H and O–H groups in total. The normalized spacial score (nSPS) is 15.2. The Bertz CT molecular complexity index is 964. The van der Waals surface area contributed by atoms with E-state index in [0.29, 0.717) is 18.2 Å². The number of benzene rings is 1. The summed E-state index contributed by atoms with van der Waals surface area (Å²) in [5.41, 5.74) is 5.92.